The summed E-state index contributed by atoms with van der Waals surface area (Å²) in [6, 6.07) is 15.3. The van der Waals surface area contributed by atoms with Gasteiger partial charge in [0.2, 0.25) is 0 Å². The van der Waals surface area contributed by atoms with E-state index in [0.29, 0.717) is 30.0 Å². The maximum Gasteiger partial charge on any atom is 0.282 e. The van der Waals surface area contributed by atoms with Gasteiger partial charge in [0.15, 0.2) is 0 Å². The van der Waals surface area contributed by atoms with Crippen LogP contribution < -0.4 is 9.80 Å². The predicted octanol–water partition coefficient (Wildman–Crippen LogP) is 4.06. The van der Waals surface area contributed by atoms with Crippen LogP contribution in [0.5, 0.6) is 0 Å². The maximum atomic E-state index is 13.7. The van der Waals surface area contributed by atoms with Gasteiger partial charge in [-0.3, -0.25) is 14.6 Å². The Labute approximate surface area is 192 Å². The van der Waals surface area contributed by atoms with Crippen LogP contribution in [0.1, 0.15) is 17.4 Å². The van der Waals surface area contributed by atoms with E-state index < -0.39 is 0 Å². The van der Waals surface area contributed by atoms with E-state index in [1.165, 1.54) is 16.2 Å². The second-order valence-electron chi connectivity index (χ2n) is 7.75. The average molecular weight is 447 g/mol. The van der Waals surface area contributed by atoms with E-state index in [2.05, 4.69) is 4.98 Å². The van der Waals surface area contributed by atoms with E-state index in [1.807, 2.05) is 84.7 Å². The molecule has 2 aromatic heterocycles. The molecule has 1 aliphatic heterocycles. The number of carbonyl (C=O) groups is 2. The molecule has 3 aromatic rings. The van der Waals surface area contributed by atoms with E-state index in [0.717, 1.165) is 22.5 Å². The van der Waals surface area contributed by atoms with Crippen molar-refractivity contribution in [2.75, 3.05) is 37.0 Å². The van der Waals surface area contributed by atoms with Crippen LogP contribution in [0.2, 0.25) is 0 Å². The number of carbonyl (C=O) groups excluding carboxylic acids is 2. The molecule has 0 saturated carbocycles. The minimum absolute atomic E-state index is 0.272. The SMILES string of the molecule is CCN(CCc1ccncc1)C1=C(c2cccs2)C(=O)N(c2cccc(N(C)C)c2)C1=O. The van der Waals surface area contributed by atoms with Gasteiger partial charge >= 0.3 is 0 Å². The highest BCUT2D eigenvalue weighted by atomic mass is 32.1. The summed E-state index contributed by atoms with van der Waals surface area (Å²) in [5.74, 6) is -0.545. The number of nitrogens with zero attached hydrogens (tertiary/aromatic N) is 4. The van der Waals surface area contributed by atoms with Crippen LogP contribution in [-0.4, -0.2) is 48.9 Å². The van der Waals surface area contributed by atoms with Crippen LogP contribution in [-0.2, 0) is 16.0 Å². The number of imide groups is 1. The summed E-state index contributed by atoms with van der Waals surface area (Å²) in [4.78, 5) is 37.5. The quantitative estimate of drug-likeness (QED) is 0.489. The summed E-state index contributed by atoms with van der Waals surface area (Å²) >= 11 is 1.48. The van der Waals surface area contributed by atoms with Gasteiger partial charge in [0, 0.05) is 50.1 Å². The molecule has 1 aromatic carbocycles. The zero-order valence-electron chi connectivity index (χ0n) is 18.5. The lowest BCUT2D eigenvalue weighted by Crippen LogP contribution is -2.36. The highest BCUT2D eigenvalue weighted by Gasteiger charge is 2.42. The fraction of sp³-hybridized carbons (Fsp3) is 0.240. The molecule has 0 saturated heterocycles. The Balaban J connectivity index is 1.72. The van der Waals surface area contributed by atoms with Crippen LogP contribution >= 0.6 is 11.3 Å². The van der Waals surface area contributed by atoms with E-state index >= 15 is 0 Å². The number of anilines is 2. The fourth-order valence-corrected chi connectivity index (χ4v) is 4.60. The maximum absolute atomic E-state index is 13.7. The van der Waals surface area contributed by atoms with Gasteiger partial charge in [-0.25, -0.2) is 4.90 Å². The molecular weight excluding hydrogens is 420 g/mol. The van der Waals surface area contributed by atoms with Gasteiger partial charge in [0.1, 0.15) is 5.70 Å². The number of pyridine rings is 1. The molecule has 164 valence electrons. The van der Waals surface area contributed by atoms with Crippen molar-refractivity contribution in [2.24, 2.45) is 0 Å². The lowest BCUT2D eigenvalue weighted by atomic mass is 10.1. The van der Waals surface area contributed by atoms with Gasteiger partial charge < -0.3 is 9.80 Å². The standard InChI is InChI=1S/C25H26N4O2S/c1-4-28(15-12-18-10-13-26-14-11-18)23-22(21-9-6-16-32-21)24(30)29(25(23)31)20-8-5-7-19(17-20)27(2)3/h5-11,13-14,16-17H,4,12,15H2,1-3H3. The van der Waals surface area contributed by atoms with Crippen molar-refractivity contribution in [1.82, 2.24) is 9.88 Å². The molecule has 3 heterocycles. The van der Waals surface area contributed by atoms with Gasteiger partial charge in [-0.05, 0) is 60.7 Å². The summed E-state index contributed by atoms with van der Waals surface area (Å²) in [6.45, 7) is 3.27. The monoisotopic (exact) mass is 446 g/mol. The molecular formula is C25H26N4O2S. The summed E-state index contributed by atoms with van der Waals surface area (Å²) in [7, 11) is 3.87. The first-order valence-corrected chi connectivity index (χ1v) is 11.5. The zero-order chi connectivity index (χ0) is 22.7. The third-order valence-electron chi connectivity index (χ3n) is 5.55. The Kier molecular flexibility index (Phi) is 6.37. The Morgan fingerprint density at radius 1 is 1.00 bits per heavy atom. The molecule has 32 heavy (non-hydrogen) atoms. The van der Waals surface area contributed by atoms with Crippen LogP contribution in [0.25, 0.3) is 5.57 Å². The van der Waals surface area contributed by atoms with Gasteiger partial charge in [-0.1, -0.05) is 12.1 Å². The molecule has 0 fully saturated rings. The average Bonchev–Trinajstić information content (AvgIpc) is 3.41. The molecule has 0 atom stereocenters. The van der Waals surface area contributed by atoms with Crippen LogP contribution in [0.3, 0.4) is 0 Å². The molecule has 0 aliphatic carbocycles. The number of amides is 2. The van der Waals surface area contributed by atoms with Crippen molar-refractivity contribution in [1.29, 1.82) is 0 Å². The topological polar surface area (TPSA) is 56.8 Å². The van der Waals surface area contributed by atoms with E-state index in [9.17, 15) is 9.59 Å². The number of thiophene rings is 1. The van der Waals surface area contributed by atoms with Gasteiger partial charge in [0.25, 0.3) is 11.8 Å². The molecule has 6 nitrogen and oxygen atoms in total. The molecule has 0 bridgehead atoms. The number of benzene rings is 1. The highest BCUT2D eigenvalue weighted by molar-refractivity contribution is 7.11. The molecule has 1 aliphatic rings. The highest BCUT2D eigenvalue weighted by Crippen LogP contribution is 2.37. The van der Waals surface area contributed by atoms with Crippen LogP contribution in [0, 0.1) is 0 Å². The largest absolute Gasteiger partial charge is 0.378 e. The lowest BCUT2D eigenvalue weighted by Gasteiger charge is -2.25. The third kappa shape index (κ3) is 4.16. The summed E-state index contributed by atoms with van der Waals surface area (Å²) in [5.41, 5.74) is 3.62. The normalized spacial score (nSPS) is 13.8. The Morgan fingerprint density at radius 3 is 2.44 bits per heavy atom. The summed E-state index contributed by atoms with van der Waals surface area (Å²) in [6.07, 6.45) is 4.30. The van der Waals surface area contributed by atoms with Gasteiger partial charge in [0.05, 0.1) is 11.3 Å². The van der Waals surface area contributed by atoms with Crippen molar-refractivity contribution in [2.45, 2.75) is 13.3 Å². The van der Waals surface area contributed by atoms with Crippen molar-refractivity contribution < 1.29 is 9.59 Å². The number of hydrogen-bond acceptors (Lipinski definition) is 6. The van der Waals surface area contributed by atoms with E-state index in [1.54, 1.807) is 12.4 Å². The second-order valence-corrected chi connectivity index (χ2v) is 8.69. The first-order chi connectivity index (χ1) is 15.5. The minimum atomic E-state index is -0.272. The van der Waals surface area contributed by atoms with Gasteiger partial charge in [-0.15, -0.1) is 11.3 Å². The molecule has 7 heteroatoms. The molecule has 0 spiro atoms. The van der Waals surface area contributed by atoms with E-state index in [4.69, 9.17) is 0 Å². The van der Waals surface area contributed by atoms with Gasteiger partial charge in [-0.2, -0.15) is 0 Å². The third-order valence-corrected chi connectivity index (χ3v) is 6.44. The molecule has 0 unspecified atom stereocenters. The van der Waals surface area contributed by atoms with Crippen molar-refractivity contribution >= 4 is 40.1 Å². The molecule has 2 amide bonds. The van der Waals surface area contributed by atoms with Crippen LogP contribution in [0.15, 0.2) is 72.0 Å². The second kappa shape index (κ2) is 9.36. The summed E-state index contributed by atoms with van der Waals surface area (Å²) < 4.78 is 0. The number of rotatable bonds is 8. The zero-order valence-corrected chi connectivity index (χ0v) is 19.3. The Morgan fingerprint density at radius 2 is 1.78 bits per heavy atom. The first-order valence-electron chi connectivity index (χ1n) is 10.6. The molecule has 4 rings (SSSR count). The molecule has 0 radical (unpaired) electrons. The predicted molar refractivity (Wildman–Crippen MR) is 130 cm³/mol. The Bertz CT molecular complexity index is 1140. The van der Waals surface area contributed by atoms with Crippen molar-refractivity contribution in [3.63, 3.8) is 0 Å². The number of hydrogen-bond donors (Lipinski definition) is 0. The number of likely N-dealkylation sites (N-methyl/N-ethyl adjacent to an activating group) is 1. The fourth-order valence-electron chi connectivity index (χ4n) is 3.84. The first kappa shape index (κ1) is 21.8. The van der Waals surface area contributed by atoms with Crippen LogP contribution in [0.4, 0.5) is 11.4 Å². The van der Waals surface area contributed by atoms with Crippen molar-refractivity contribution in [3.8, 4) is 0 Å². The smallest absolute Gasteiger partial charge is 0.282 e. The number of aromatic nitrogens is 1. The molecule has 0 N–H and O–H groups in total. The van der Waals surface area contributed by atoms with Crippen molar-refractivity contribution in [3.05, 3.63) is 82.4 Å². The van der Waals surface area contributed by atoms with E-state index in [-0.39, 0.29) is 11.8 Å². The Hall–Kier alpha value is -3.45. The minimum Gasteiger partial charge on any atom is -0.378 e. The lowest BCUT2D eigenvalue weighted by molar-refractivity contribution is -0.120. The summed E-state index contributed by atoms with van der Waals surface area (Å²) in [5, 5.41) is 1.93.